The Kier molecular flexibility index (Phi) is 4.44. The normalized spacial score (nSPS) is 10.2. The molecule has 0 aliphatic rings. The maximum atomic E-state index is 11.8. The molecule has 1 aromatic carbocycles. The summed E-state index contributed by atoms with van der Waals surface area (Å²) in [6.45, 7) is 3.77. The number of nitrogens with one attached hydrogen (secondary N) is 2. The van der Waals surface area contributed by atoms with E-state index in [0.717, 1.165) is 10.6 Å². The molecule has 0 unspecified atom stereocenters. The highest BCUT2D eigenvalue weighted by Gasteiger charge is 2.11. The number of carbonyl (C=O) groups excluding carboxylic acids is 1. The first-order chi connectivity index (χ1) is 9.86. The van der Waals surface area contributed by atoms with Crippen molar-refractivity contribution in [3.63, 3.8) is 0 Å². The number of hydrogen-bond acceptors (Lipinski definition) is 4. The second kappa shape index (κ2) is 6.11. The Labute approximate surface area is 129 Å². The lowest BCUT2D eigenvalue weighted by molar-refractivity contribution is 0.0697. The molecule has 2 aromatic rings. The molecule has 0 saturated heterocycles. The van der Waals surface area contributed by atoms with Gasteiger partial charge in [0.2, 0.25) is 0 Å². The Balaban J connectivity index is 2.07. The van der Waals surface area contributed by atoms with Crippen LogP contribution >= 0.6 is 22.9 Å². The maximum Gasteiger partial charge on any atom is 0.335 e. The number of aromatic carboxylic acids is 1. The van der Waals surface area contributed by atoms with Crippen molar-refractivity contribution in [1.29, 1.82) is 0 Å². The highest BCUT2D eigenvalue weighted by Crippen LogP contribution is 2.24. The van der Waals surface area contributed by atoms with Crippen LogP contribution in [-0.4, -0.2) is 22.1 Å². The van der Waals surface area contributed by atoms with Crippen molar-refractivity contribution in [3.05, 3.63) is 39.4 Å². The number of hydrogen-bond donors (Lipinski definition) is 3. The van der Waals surface area contributed by atoms with E-state index in [4.69, 9.17) is 16.7 Å². The third kappa shape index (κ3) is 3.71. The van der Waals surface area contributed by atoms with E-state index >= 15 is 0 Å². The number of carbonyl (C=O) groups is 2. The second-order valence-electron chi connectivity index (χ2n) is 4.24. The van der Waals surface area contributed by atoms with Crippen LogP contribution in [-0.2, 0) is 0 Å². The van der Waals surface area contributed by atoms with Crippen molar-refractivity contribution in [2.45, 2.75) is 13.8 Å². The lowest BCUT2D eigenvalue weighted by Gasteiger charge is -2.07. The molecule has 0 spiro atoms. The van der Waals surface area contributed by atoms with Gasteiger partial charge in [-0.2, -0.15) is 0 Å². The van der Waals surface area contributed by atoms with Gasteiger partial charge in [0.25, 0.3) is 0 Å². The fourth-order valence-electron chi connectivity index (χ4n) is 1.53. The summed E-state index contributed by atoms with van der Waals surface area (Å²) in [6, 6.07) is 3.58. The van der Waals surface area contributed by atoms with Crippen LogP contribution in [0.3, 0.4) is 0 Å². The number of amides is 2. The molecule has 0 fully saturated rings. The maximum absolute atomic E-state index is 11.8. The van der Waals surface area contributed by atoms with Gasteiger partial charge in [0, 0.05) is 4.88 Å². The van der Waals surface area contributed by atoms with E-state index in [9.17, 15) is 9.59 Å². The zero-order valence-corrected chi connectivity index (χ0v) is 12.8. The summed E-state index contributed by atoms with van der Waals surface area (Å²) in [4.78, 5) is 27.8. The Morgan fingerprint density at radius 3 is 2.52 bits per heavy atom. The number of carboxylic acids is 1. The Morgan fingerprint density at radius 2 is 2.00 bits per heavy atom. The number of anilines is 2. The summed E-state index contributed by atoms with van der Waals surface area (Å²) in [6.07, 6.45) is 0. The minimum Gasteiger partial charge on any atom is -0.478 e. The van der Waals surface area contributed by atoms with Crippen molar-refractivity contribution < 1.29 is 14.7 Å². The van der Waals surface area contributed by atoms with Crippen molar-refractivity contribution >= 4 is 45.8 Å². The zero-order chi connectivity index (χ0) is 15.6. The number of thiazole rings is 1. The van der Waals surface area contributed by atoms with E-state index in [1.807, 2.05) is 13.8 Å². The van der Waals surface area contributed by atoms with Crippen LogP contribution in [0, 0.1) is 13.8 Å². The molecule has 110 valence electrons. The topological polar surface area (TPSA) is 91.3 Å². The zero-order valence-electron chi connectivity index (χ0n) is 11.2. The average molecular weight is 326 g/mol. The van der Waals surface area contributed by atoms with Gasteiger partial charge in [0.1, 0.15) is 0 Å². The predicted molar refractivity (Wildman–Crippen MR) is 82.6 cm³/mol. The van der Waals surface area contributed by atoms with Crippen molar-refractivity contribution in [2.75, 3.05) is 10.6 Å². The van der Waals surface area contributed by atoms with Crippen molar-refractivity contribution in [1.82, 2.24) is 4.98 Å². The van der Waals surface area contributed by atoms with Crippen LogP contribution in [0.25, 0.3) is 0 Å². The third-order valence-corrected chi connectivity index (χ3v) is 4.01. The molecular formula is C13H12ClN3O3S. The van der Waals surface area contributed by atoms with Crippen LogP contribution in [0.2, 0.25) is 5.02 Å². The van der Waals surface area contributed by atoms with Crippen LogP contribution in [0.1, 0.15) is 20.9 Å². The average Bonchev–Trinajstić information content (AvgIpc) is 2.70. The summed E-state index contributed by atoms with van der Waals surface area (Å²) < 4.78 is 0. The molecule has 2 amide bonds. The first kappa shape index (κ1) is 15.3. The van der Waals surface area contributed by atoms with Gasteiger partial charge >= 0.3 is 12.0 Å². The van der Waals surface area contributed by atoms with Crippen LogP contribution in [0.15, 0.2) is 18.2 Å². The van der Waals surface area contributed by atoms with Gasteiger partial charge in [-0.1, -0.05) is 11.6 Å². The smallest absolute Gasteiger partial charge is 0.335 e. The third-order valence-electron chi connectivity index (χ3n) is 2.71. The van der Waals surface area contributed by atoms with E-state index in [2.05, 4.69) is 15.6 Å². The first-order valence-corrected chi connectivity index (χ1v) is 7.11. The number of nitrogens with zero attached hydrogens (tertiary/aromatic N) is 1. The van der Waals surface area contributed by atoms with Gasteiger partial charge in [-0.25, -0.2) is 14.6 Å². The molecule has 1 heterocycles. The summed E-state index contributed by atoms with van der Waals surface area (Å²) in [5, 5.41) is 14.6. The van der Waals surface area contributed by atoms with E-state index in [0.29, 0.717) is 10.8 Å². The van der Waals surface area contributed by atoms with Crippen molar-refractivity contribution in [2.24, 2.45) is 0 Å². The lowest BCUT2D eigenvalue weighted by Crippen LogP contribution is -2.19. The van der Waals surface area contributed by atoms with Crippen LogP contribution in [0.5, 0.6) is 0 Å². The molecule has 21 heavy (non-hydrogen) atoms. The standard InChI is InChI=1S/C13H12ClN3O3S/c1-6-7(2)21-13(15-6)17-12(20)16-10-4-3-8(11(18)19)5-9(10)14/h3-5H,1-2H3,(H,18,19)(H2,15,16,17,20). The molecule has 2 rings (SSSR count). The van der Waals surface area contributed by atoms with Gasteiger partial charge in [-0.3, -0.25) is 5.32 Å². The van der Waals surface area contributed by atoms with Crippen LogP contribution in [0.4, 0.5) is 15.6 Å². The molecule has 0 bridgehead atoms. The van der Waals surface area contributed by atoms with E-state index < -0.39 is 12.0 Å². The molecule has 0 atom stereocenters. The number of urea groups is 1. The van der Waals surface area contributed by atoms with Crippen LogP contribution < -0.4 is 10.6 Å². The SMILES string of the molecule is Cc1nc(NC(=O)Nc2ccc(C(=O)O)cc2Cl)sc1C. The monoisotopic (exact) mass is 325 g/mol. The number of benzene rings is 1. The second-order valence-corrected chi connectivity index (χ2v) is 5.85. The molecule has 8 heteroatoms. The van der Waals surface area contributed by atoms with Gasteiger partial charge in [0.05, 0.1) is 22.0 Å². The molecule has 0 aliphatic heterocycles. The Morgan fingerprint density at radius 1 is 1.29 bits per heavy atom. The minimum atomic E-state index is -1.08. The highest BCUT2D eigenvalue weighted by molar-refractivity contribution is 7.15. The van der Waals surface area contributed by atoms with Gasteiger partial charge in [0.15, 0.2) is 5.13 Å². The minimum absolute atomic E-state index is 0.0529. The molecule has 3 N–H and O–H groups in total. The summed E-state index contributed by atoms with van der Waals surface area (Å²) in [5.41, 5.74) is 1.24. The number of halogens is 1. The molecule has 0 saturated carbocycles. The Hall–Kier alpha value is -2.12. The summed E-state index contributed by atoms with van der Waals surface area (Å²) in [7, 11) is 0. The lowest BCUT2D eigenvalue weighted by atomic mass is 10.2. The highest BCUT2D eigenvalue weighted by atomic mass is 35.5. The summed E-state index contributed by atoms with van der Waals surface area (Å²) >= 11 is 7.30. The van der Waals surface area contributed by atoms with E-state index in [-0.39, 0.29) is 10.6 Å². The number of aromatic nitrogens is 1. The number of aryl methyl sites for hydroxylation is 2. The number of rotatable bonds is 3. The molecular weight excluding hydrogens is 314 g/mol. The fourth-order valence-corrected chi connectivity index (χ4v) is 2.56. The Bertz CT molecular complexity index is 695. The van der Waals surface area contributed by atoms with Gasteiger partial charge in [-0.15, -0.1) is 11.3 Å². The number of carboxylic acid groups (broad SMARTS) is 1. The molecule has 0 aliphatic carbocycles. The predicted octanol–water partition coefficient (Wildman–Crippen LogP) is 3.76. The largest absolute Gasteiger partial charge is 0.478 e. The van der Waals surface area contributed by atoms with E-state index in [1.165, 1.54) is 29.5 Å². The first-order valence-electron chi connectivity index (χ1n) is 5.91. The fraction of sp³-hybridized carbons (Fsp3) is 0.154. The molecule has 1 aromatic heterocycles. The van der Waals surface area contributed by atoms with Gasteiger partial charge in [-0.05, 0) is 32.0 Å². The molecule has 6 nitrogen and oxygen atoms in total. The van der Waals surface area contributed by atoms with E-state index in [1.54, 1.807) is 0 Å². The quantitative estimate of drug-likeness (QED) is 0.801. The van der Waals surface area contributed by atoms with Gasteiger partial charge < -0.3 is 10.4 Å². The molecule has 0 radical (unpaired) electrons. The van der Waals surface area contributed by atoms with Crippen molar-refractivity contribution in [3.8, 4) is 0 Å². The summed E-state index contributed by atoms with van der Waals surface area (Å²) in [5.74, 6) is -1.08.